The molecule has 6 heteroatoms. The van der Waals surface area contributed by atoms with Gasteiger partial charge in [0.2, 0.25) is 5.95 Å². The molecule has 21 heavy (non-hydrogen) atoms. The Bertz CT molecular complexity index is 771. The summed E-state index contributed by atoms with van der Waals surface area (Å²) in [6, 6.07) is 6.09. The van der Waals surface area contributed by atoms with E-state index in [1.165, 1.54) is 6.20 Å². The van der Waals surface area contributed by atoms with Crippen molar-refractivity contribution in [2.24, 2.45) is 0 Å². The first kappa shape index (κ1) is 13.6. The Labute approximate surface area is 125 Å². The van der Waals surface area contributed by atoms with E-state index in [-0.39, 0.29) is 0 Å². The van der Waals surface area contributed by atoms with E-state index in [2.05, 4.69) is 26.3 Å². The molecule has 4 nitrogen and oxygen atoms in total. The number of hydrogen-bond acceptors (Lipinski definition) is 5. The highest BCUT2D eigenvalue weighted by Gasteiger charge is 2.06. The van der Waals surface area contributed by atoms with Crippen LogP contribution in [0.5, 0.6) is 0 Å². The molecule has 2 heterocycles. The van der Waals surface area contributed by atoms with Gasteiger partial charge in [0.1, 0.15) is 0 Å². The Morgan fingerprint density at radius 1 is 1.14 bits per heavy atom. The summed E-state index contributed by atoms with van der Waals surface area (Å²) in [7, 11) is 0. The van der Waals surface area contributed by atoms with Gasteiger partial charge in [-0.2, -0.15) is 0 Å². The molecule has 1 aromatic carbocycles. The van der Waals surface area contributed by atoms with Gasteiger partial charge in [0, 0.05) is 11.9 Å². The van der Waals surface area contributed by atoms with Crippen LogP contribution in [0.15, 0.2) is 36.1 Å². The number of benzene rings is 1. The van der Waals surface area contributed by atoms with Crippen molar-refractivity contribution < 1.29 is 4.39 Å². The molecular formula is C15H13FN4S. The van der Waals surface area contributed by atoms with Gasteiger partial charge in [0.25, 0.3) is 0 Å². The highest BCUT2D eigenvalue weighted by atomic mass is 32.1. The van der Waals surface area contributed by atoms with E-state index in [0.29, 0.717) is 11.6 Å². The lowest BCUT2D eigenvalue weighted by atomic mass is 10.1. The molecule has 0 aliphatic carbocycles. The van der Waals surface area contributed by atoms with Gasteiger partial charge in [-0.15, -0.1) is 11.3 Å². The monoisotopic (exact) mass is 300 g/mol. The van der Waals surface area contributed by atoms with Gasteiger partial charge in [0.05, 0.1) is 22.3 Å². The van der Waals surface area contributed by atoms with E-state index in [1.54, 1.807) is 23.8 Å². The van der Waals surface area contributed by atoms with Crippen molar-refractivity contribution in [2.45, 2.75) is 13.8 Å². The summed E-state index contributed by atoms with van der Waals surface area (Å²) in [5.41, 5.74) is 5.19. The molecule has 0 spiro atoms. The predicted molar refractivity (Wildman–Crippen MR) is 82.3 cm³/mol. The van der Waals surface area contributed by atoms with Gasteiger partial charge in [-0.05, 0) is 37.1 Å². The molecule has 0 unspecified atom stereocenters. The third-order valence-corrected chi connectivity index (χ3v) is 3.79. The fourth-order valence-electron chi connectivity index (χ4n) is 2.00. The molecule has 0 saturated carbocycles. The van der Waals surface area contributed by atoms with Crippen LogP contribution in [-0.2, 0) is 0 Å². The quantitative estimate of drug-likeness (QED) is 0.791. The van der Waals surface area contributed by atoms with Crippen LogP contribution in [0, 0.1) is 19.7 Å². The van der Waals surface area contributed by atoms with Crippen molar-refractivity contribution >= 4 is 23.0 Å². The second-order valence-corrected chi connectivity index (χ2v) is 5.59. The topological polar surface area (TPSA) is 50.7 Å². The first-order valence-electron chi connectivity index (χ1n) is 6.38. The number of hydrogen-bond donors (Lipinski definition) is 1. The van der Waals surface area contributed by atoms with Crippen molar-refractivity contribution in [3.8, 4) is 10.4 Å². The number of anilines is 2. The molecule has 0 radical (unpaired) electrons. The maximum absolute atomic E-state index is 13.2. The van der Waals surface area contributed by atoms with Crippen molar-refractivity contribution in [1.82, 2.24) is 15.0 Å². The number of aromatic nitrogens is 3. The maximum atomic E-state index is 13.2. The number of aryl methyl sites for hydroxylation is 2. The lowest BCUT2D eigenvalue weighted by Crippen LogP contribution is -2.00. The summed E-state index contributed by atoms with van der Waals surface area (Å²) in [5, 5.41) is 3.11. The minimum absolute atomic E-state index is 0.322. The van der Waals surface area contributed by atoms with E-state index in [1.807, 2.05) is 25.3 Å². The zero-order valence-corrected chi connectivity index (χ0v) is 12.4. The van der Waals surface area contributed by atoms with Gasteiger partial charge in [-0.3, -0.25) is 4.98 Å². The van der Waals surface area contributed by atoms with Crippen LogP contribution >= 0.6 is 11.3 Å². The summed E-state index contributed by atoms with van der Waals surface area (Å²) in [4.78, 5) is 13.2. The minimum Gasteiger partial charge on any atom is -0.324 e. The summed E-state index contributed by atoms with van der Waals surface area (Å²) < 4.78 is 13.2. The van der Waals surface area contributed by atoms with Crippen LogP contribution in [0.3, 0.4) is 0 Å². The first-order valence-corrected chi connectivity index (χ1v) is 7.26. The highest BCUT2D eigenvalue weighted by molar-refractivity contribution is 7.13. The van der Waals surface area contributed by atoms with Crippen LogP contribution < -0.4 is 5.32 Å². The fourth-order valence-corrected chi connectivity index (χ4v) is 2.61. The second kappa shape index (κ2) is 5.57. The van der Waals surface area contributed by atoms with Gasteiger partial charge in [-0.25, -0.2) is 14.4 Å². The molecule has 3 rings (SSSR count). The fraction of sp³-hybridized carbons (Fsp3) is 0.133. The van der Waals surface area contributed by atoms with Gasteiger partial charge < -0.3 is 5.32 Å². The number of nitrogens with one attached hydrogen (secondary N) is 1. The van der Waals surface area contributed by atoms with E-state index in [4.69, 9.17) is 0 Å². The summed E-state index contributed by atoms with van der Waals surface area (Å²) >= 11 is 1.58. The van der Waals surface area contributed by atoms with Crippen LogP contribution in [0.1, 0.15) is 11.3 Å². The Kier molecular flexibility index (Phi) is 3.62. The molecule has 0 fully saturated rings. The van der Waals surface area contributed by atoms with Gasteiger partial charge >= 0.3 is 0 Å². The number of halogens is 1. The van der Waals surface area contributed by atoms with Crippen molar-refractivity contribution in [3.05, 3.63) is 53.2 Å². The van der Waals surface area contributed by atoms with Crippen LogP contribution in [0.25, 0.3) is 10.4 Å². The van der Waals surface area contributed by atoms with Crippen LogP contribution in [0.4, 0.5) is 16.0 Å². The molecule has 1 N–H and O–H groups in total. The number of nitrogens with zero attached hydrogens (tertiary/aromatic N) is 3. The molecule has 0 saturated heterocycles. The van der Waals surface area contributed by atoms with Crippen molar-refractivity contribution in [2.75, 3.05) is 5.32 Å². The molecule has 0 bridgehead atoms. The van der Waals surface area contributed by atoms with Crippen molar-refractivity contribution in [1.29, 1.82) is 0 Å². The molecule has 106 valence electrons. The molecule has 2 aromatic heterocycles. The highest BCUT2D eigenvalue weighted by Crippen LogP contribution is 2.28. The standard InChI is InChI=1S/C15H13FN4S/c1-9-3-11(14-7-17-8-21-14)5-12(4-9)20-15-18-6-13(16)10(2)19-15/h3-8H,1-2H3,(H,18,19,20). The lowest BCUT2D eigenvalue weighted by molar-refractivity contribution is 0.602. The summed E-state index contributed by atoms with van der Waals surface area (Å²) in [6.45, 7) is 3.63. The first-order chi connectivity index (χ1) is 10.1. The molecule has 0 atom stereocenters. The molecule has 0 aliphatic rings. The maximum Gasteiger partial charge on any atom is 0.227 e. The van der Waals surface area contributed by atoms with Gasteiger partial charge in [-0.1, -0.05) is 6.07 Å². The van der Waals surface area contributed by atoms with E-state index in [9.17, 15) is 4.39 Å². The smallest absolute Gasteiger partial charge is 0.227 e. The normalized spacial score (nSPS) is 10.6. The Hall–Kier alpha value is -2.34. The third kappa shape index (κ3) is 3.05. The second-order valence-electron chi connectivity index (χ2n) is 4.71. The molecule has 0 amide bonds. The average molecular weight is 300 g/mol. The molecular weight excluding hydrogens is 287 g/mol. The number of thiazole rings is 1. The van der Waals surface area contributed by atoms with Crippen molar-refractivity contribution in [3.63, 3.8) is 0 Å². The minimum atomic E-state index is -0.407. The van der Waals surface area contributed by atoms with E-state index < -0.39 is 5.82 Å². The Morgan fingerprint density at radius 2 is 2.00 bits per heavy atom. The molecule has 3 aromatic rings. The third-order valence-electron chi connectivity index (χ3n) is 2.97. The zero-order chi connectivity index (χ0) is 14.8. The Balaban J connectivity index is 1.93. The SMILES string of the molecule is Cc1cc(Nc2ncc(F)c(C)n2)cc(-c2cncs2)c1. The Morgan fingerprint density at radius 3 is 2.71 bits per heavy atom. The van der Waals surface area contributed by atoms with Crippen LogP contribution in [-0.4, -0.2) is 15.0 Å². The summed E-state index contributed by atoms with van der Waals surface area (Å²) in [6.07, 6.45) is 3.01. The lowest BCUT2D eigenvalue weighted by Gasteiger charge is -2.08. The molecule has 0 aliphatic heterocycles. The largest absolute Gasteiger partial charge is 0.324 e. The van der Waals surface area contributed by atoms with Crippen LogP contribution in [0.2, 0.25) is 0 Å². The zero-order valence-electron chi connectivity index (χ0n) is 11.6. The van der Waals surface area contributed by atoms with E-state index in [0.717, 1.165) is 21.7 Å². The predicted octanol–water partition coefficient (Wildman–Crippen LogP) is 4.10. The number of rotatable bonds is 3. The average Bonchev–Trinajstić information content (AvgIpc) is 2.96. The van der Waals surface area contributed by atoms with Gasteiger partial charge in [0.15, 0.2) is 5.82 Å². The van der Waals surface area contributed by atoms with E-state index >= 15 is 0 Å². The summed E-state index contributed by atoms with van der Waals surface area (Å²) in [5.74, 6) is -0.0232.